The van der Waals surface area contributed by atoms with Crippen LogP contribution in [-0.2, 0) is 4.79 Å². The van der Waals surface area contributed by atoms with E-state index in [0.717, 1.165) is 0 Å². The second-order valence-electron chi connectivity index (χ2n) is 2.38. The summed E-state index contributed by atoms with van der Waals surface area (Å²) in [5.74, 6) is -1.61. The molecule has 0 aliphatic heterocycles. The van der Waals surface area contributed by atoms with Gasteiger partial charge >= 0.3 is 0 Å². The minimum atomic E-state index is -3.33. The van der Waals surface area contributed by atoms with Crippen LogP contribution in [0.15, 0.2) is 0 Å². The highest BCUT2D eigenvalue weighted by Crippen LogP contribution is 2.06. The van der Waals surface area contributed by atoms with E-state index >= 15 is 0 Å². The van der Waals surface area contributed by atoms with Gasteiger partial charge in [0.05, 0.1) is 6.61 Å². The fourth-order valence-electron chi connectivity index (χ4n) is 0.589. The van der Waals surface area contributed by atoms with Crippen molar-refractivity contribution in [3.8, 4) is 0 Å². The van der Waals surface area contributed by atoms with Crippen LogP contribution >= 0.6 is 0 Å². The van der Waals surface area contributed by atoms with Crippen molar-refractivity contribution in [1.29, 1.82) is 0 Å². The Balaban J connectivity index is 4.25. The predicted octanol–water partition coefficient (Wildman–Crippen LogP) is -2.10. The number of hydrogen-bond donors (Lipinski definition) is 4. The number of rotatable bonds is 5. The second-order valence-corrected chi connectivity index (χ2v) is 2.38. The molecule has 0 spiro atoms. The van der Waals surface area contributed by atoms with E-state index in [2.05, 4.69) is 0 Å². The Labute approximate surface area is 72.2 Å². The van der Waals surface area contributed by atoms with Crippen LogP contribution in [0.2, 0.25) is 0 Å². The molecule has 0 radical (unpaired) electrons. The van der Waals surface area contributed by atoms with Crippen LogP contribution in [0.1, 0.15) is 0 Å². The van der Waals surface area contributed by atoms with Gasteiger partial charge in [-0.2, -0.15) is 0 Å². The van der Waals surface area contributed by atoms with Crippen LogP contribution in [0.25, 0.3) is 0 Å². The molecule has 0 amide bonds. The third kappa shape index (κ3) is 3.31. The van der Waals surface area contributed by atoms with Gasteiger partial charge in [-0.25, -0.2) is 8.78 Å². The maximum Gasteiger partial charge on any atom is 0.271 e. The molecular weight excluding hydrogens is 190 g/mol. The van der Waals surface area contributed by atoms with Crippen molar-refractivity contribution in [3.05, 3.63) is 0 Å². The standard InChI is InChI=1S/C6H10F2O5/c7-6(8)5(13)4(12)3(11)2(10)1-9/h2-3,5-6,9-11,13H,1H2/t2-,3+,5-/m0/s1. The van der Waals surface area contributed by atoms with Crippen molar-refractivity contribution in [2.24, 2.45) is 0 Å². The van der Waals surface area contributed by atoms with Crippen LogP contribution in [0.3, 0.4) is 0 Å². The molecule has 0 aliphatic rings. The summed E-state index contributed by atoms with van der Waals surface area (Å²) in [5.41, 5.74) is 0. The molecule has 0 aromatic carbocycles. The first-order valence-corrected chi connectivity index (χ1v) is 3.38. The summed E-state index contributed by atoms with van der Waals surface area (Å²) in [6.45, 7) is -0.955. The first kappa shape index (κ1) is 12.4. The van der Waals surface area contributed by atoms with Crippen LogP contribution in [0, 0.1) is 0 Å². The van der Waals surface area contributed by atoms with Gasteiger partial charge in [0.15, 0.2) is 11.9 Å². The van der Waals surface area contributed by atoms with Crippen molar-refractivity contribution in [1.82, 2.24) is 0 Å². The van der Waals surface area contributed by atoms with Crippen molar-refractivity contribution >= 4 is 5.78 Å². The van der Waals surface area contributed by atoms with Crippen LogP contribution in [0.5, 0.6) is 0 Å². The zero-order chi connectivity index (χ0) is 10.6. The Morgan fingerprint density at radius 2 is 1.62 bits per heavy atom. The summed E-state index contributed by atoms with van der Waals surface area (Å²) < 4.78 is 23.4. The first-order chi connectivity index (χ1) is 5.91. The molecule has 0 aromatic heterocycles. The molecule has 13 heavy (non-hydrogen) atoms. The molecule has 0 aliphatic carbocycles. The van der Waals surface area contributed by atoms with Gasteiger partial charge in [0.25, 0.3) is 6.43 Å². The van der Waals surface area contributed by atoms with E-state index in [9.17, 15) is 13.6 Å². The quantitative estimate of drug-likeness (QED) is 0.407. The molecule has 0 unspecified atom stereocenters. The molecule has 78 valence electrons. The minimum absolute atomic E-state index is 0.955. The lowest BCUT2D eigenvalue weighted by Crippen LogP contribution is -2.44. The third-order valence-electron chi connectivity index (χ3n) is 1.37. The van der Waals surface area contributed by atoms with Gasteiger partial charge in [-0.05, 0) is 0 Å². The fraction of sp³-hybridized carbons (Fsp3) is 0.833. The van der Waals surface area contributed by atoms with E-state index in [0.29, 0.717) is 0 Å². The SMILES string of the molecule is O=C([C@H](O)C(F)F)[C@H](O)[C@@H](O)CO. The predicted molar refractivity (Wildman–Crippen MR) is 36.1 cm³/mol. The summed E-state index contributed by atoms with van der Waals surface area (Å²) in [6.07, 6.45) is -10.0. The Morgan fingerprint density at radius 3 is 1.92 bits per heavy atom. The lowest BCUT2D eigenvalue weighted by molar-refractivity contribution is -0.150. The molecule has 0 rings (SSSR count). The number of Topliss-reactive ketones (excluding diaryl/α,β-unsaturated/α-hetero) is 1. The number of carbonyl (C=O) groups excluding carboxylic acids is 1. The maximum absolute atomic E-state index is 11.7. The molecule has 0 saturated heterocycles. The Kier molecular flexibility index (Phi) is 4.92. The highest BCUT2D eigenvalue weighted by molar-refractivity contribution is 5.87. The number of alkyl halides is 2. The molecule has 7 heteroatoms. The van der Waals surface area contributed by atoms with E-state index in [1.165, 1.54) is 0 Å². The van der Waals surface area contributed by atoms with Gasteiger partial charge in [0.1, 0.15) is 12.2 Å². The zero-order valence-corrected chi connectivity index (χ0v) is 6.47. The average molecular weight is 200 g/mol. The summed E-state index contributed by atoms with van der Waals surface area (Å²) in [7, 11) is 0. The van der Waals surface area contributed by atoms with Crippen molar-refractivity contribution in [2.75, 3.05) is 6.61 Å². The van der Waals surface area contributed by atoms with Gasteiger partial charge in [0, 0.05) is 0 Å². The average Bonchev–Trinajstić information content (AvgIpc) is 2.12. The van der Waals surface area contributed by atoms with Gasteiger partial charge < -0.3 is 20.4 Å². The molecule has 0 saturated carbocycles. The highest BCUT2D eigenvalue weighted by atomic mass is 19.3. The molecule has 5 nitrogen and oxygen atoms in total. The molecule has 0 heterocycles. The molecule has 4 N–H and O–H groups in total. The molecule has 0 fully saturated rings. The van der Waals surface area contributed by atoms with Crippen molar-refractivity contribution in [3.63, 3.8) is 0 Å². The number of ketones is 1. The molecular formula is C6H10F2O5. The van der Waals surface area contributed by atoms with E-state index in [1.54, 1.807) is 0 Å². The van der Waals surface area contributed by atoms with Crippen LogP contribution in [-0.4, -0.2) is 57.6 Å². The summed E-state index contributed by atoms with van der Waals surface area (Å²) in [4.78, 5) is 10.6. The lowest BCUT2D eigenvalue weighted by atomic mass is 10.1. The maximum atomic E-state index is 11.7. The van der Waals surface area contributed by atoms with Gasteiger partial charge in [-0.3, -0.25) is 4.79 Å². The molecule has 0 bridgehead atoms. The Hall–Kier alpha value is -0.630. The van der Waals surface area contributed by atoms with E-state index in [1.807, 2.05) is 0 Å². The summed E-state index contributed by atoms with van der Waals surface area (Å²) >= 11 is 0. The number of halogens is 2. The number of aliphatic hydroxyl groups excluding tert-OH is 4. The van der Waals surface area contributed by atoms with Gasteiger partial charge in [-0.15, -0.1) is 0 Å². The minimum Gasteiger partial charge on any atom is -0.394 e. The molecule has 3 atom stereocenters. The number of aliphatic hydroxyl groups is 4. The summed E-state index contributed by atoms with van der Waals surface area (Å²) in [5, 5.41) is 34.1. The van der Waals surface area contributed by atoms with Gasteiger partial charge in [0.2, 0.25) is 0 Å². The zero-order valence-electron chi connectivity index (χ0n) is 6.47. The highest BCUT2D eigenvalue weighted by Gasteiger charge is 2.34. The summed E-state index contributed by atoms with van der Waals surface area (Å²) in [6, 6.07) is 0. The van der Waals surface area contributed by atoms with Crippen molar-refractivity contribution < 1.29 is 34.0 Å². The normalized spacial score (nSPS) is 18.4. The first-order valence-electron chi connectivity index (χ1n) is 3.38. The lowest BCUT2D eigenvalue weighted by Gasteiger charge is -2.17. The van der Waals surface area contributed by atoms with E-state index in [-0.39, 0.29) is 0 Å². The van der Waals surface area contributed by atoms with Crippen molar-refractivity contribution in [2.45, 2.75) is 24.7 Å². The topological polar surface area (TPSA) is 98.0 Å². The van der Waals surface area contributed by atoms with E-state index < -0.39 is 37.1 Å². The second kappa shape index (κ2) is 5.18. The van der Waals surface area contributed by atoms with Gasteiger partial charge in [-0.1, -0.05) is 0 Å². The number of hydrogen-bond acceptors (Lipinski definition) is 5. The third-order valence-corrected chi connectivity index (χ3v) is 1.37. The van der Waals surface area contributed by atoms with E-state index in [4.69, 9.17) is 20.4 Å². The Bertz CT molecular complexity index is 174. The van der Waals surface area contributed by atoms with Crippen LogP contribution in [0.4, 0.5) is 8.78 Å². The molecule has 0 aromatic rings. The van der Waals surface area contributed by atoms with Crippen LogP contribution < -0.4 is 0 Å². The Morgan fingerprint density at radius 1 is 1.15 bits per heavy atom. The number of carbonyl (C=O) groups is 1. The largest absolute Gasteiger partial charge is 0.394 e. The fourth-order valence-corrected chi connectivity index (χ4v) is 0.589. The monoisotopic (exact) mass is 200 g/mol. The smallest absolute Gasteiger partial charge is 0.271 e.